The van der Waals surface area contributed by atoms with Crippen molar-refractivity contribution in [3.63, 3.8) is 0 Å². The first-order chi connectivity index (χ1) is 17.2. The van der Waals surface area contributed by atoms with Gasteiger partial charge >= 0.3 is 0 Å². The topological polar surface area (TPSA) is 104 Å². The minimum atomic E-state index is -0.449. The fourth-order valence-electron chi connectivity index (χ4n) is 5.13. The Morgan fingerprint density at radius 3 is 2.39 bits per heavy atom. The summed E-state index contributed by atoms with van der Waals surface area (Å²) in [6, 6.07) is 6.72. The fraction of sp³-hybridized carbons (Fsp3) is 0.643. The van der Waals surface area contributed by atoms with E-state index in [1.54, 1.807) is 43.1 Å². The number of hydrogen-bond donors (Lipinski definition) is 2. The summed E-state index contributed by atoms with van der Waals surface area (Å²) in [5, 5.41) is 11.9. The van der Waals surface area contributed by atoms with Gasteiger partial charge in [-0.1, -0.05) is 26.0 Å². The van der Waals surface area contributed by atoms with Gasteiger partial charge in [-0.2, -0.15) is 0 Å². The number of amides is 3. The number of phenols is 1. The standard InChI is InChI=1S/C28H40N2O5S/c1-18(2)12-13-36-25-16-26(33)30(28(25)35)17-20-4-8-21(9-5-20)24(32)15-22(27(34)29-3)14-19-6-10-23(31)11-7-19/h6-7,10-11,18,20-22,25,31H,4-5,8-9,12-17H2,1-3H3,(H,29,34). The van der Waals surface area contributed by atoms with E-state index in [0.717, 1.165) is 43.4 Å². The zero-order valence-corrected chi connectivity index (χ0v) is 22.5. The number of rotatable bonds is 12. The summed E-state index contributed by atoms with van der Waals surface area (Å²) in [6.07, 6.45) is 5.04. The predicted molar refractivity (Wildman–Crippen MR) is 141 cm³/mol. The number of nitrogens with one attached hydrogen (secondary N) is 1. The molecule has 2 fully saturated rings. The van der Waals surface area contributed by atoms with Crippen LogP contribution in [0.1, 0.15) is 64.4 Å². The van der Waals surface area contributed by atoms with E-state index in [2.05, 4.69) is 19.2 Å². The van der Waals surface area contributed by atoms with Crippen molar-refractivity contribution in [2.45, 2.75) is 70.5 Å². The van der Waals surface area contributed by atoms with E-state index in [1.807, 2.05) is 0 Å². The van der Waals surface area contributed by atoms with Gasteiger partial charge in [-0.05, 0) is 73.8 Å². The molecule has 1 saturated heterocycles. The summed E-state index contributed by atoms with van der Waals surface area (Å²) in [5.74, 6) is 1.18. The molecule has 198 valence electrons. The lowest BCUT2D eigenvalue weighted by atomic mass is 9.77. The summed E-state index contributed by atoms with van der Waals surface area (Å²) in [6.45, 7) is 4.77. The lowest BCUT2D eigenvalue weighted by molar-refractivity contribution is -0.139. The number of benzene rings is 1. The largest absolute Gasteiger partial charge is 0.508 e. The van der Waals surface area contributed by atoms with Crippen LogP contribution in [0.2, 0.25) is 0 Å². The van der Waals surface area contributed by atoms with Crippen LogP contribution in [0.15, 0.2) is 24.3 Å². The third-order valence-electron chi connectivity index (χ3n) is 7.44. The number of carbonyl (C=O) groups is 4. The number of ketones is 1. The second-order valence-corrected chi connectivity index (χ2v) is 12.0. The Balaban J connectivity index is 1.48. The van der Waals surface area contributed by atoms with Crippen molar-refractivity contribution >= 4 is 35.3 Å². The van der Waals surface area contributed by atoms with Gasteiger partial charge in [0.2, 0.25) is 17.7 Å². The highest BCUT2D eigenvalue weighted by molar-refractivity contribution is 8.00. The average molecular weight is 517 g/mol. The van der Waals surface area contributed by atoms with Crippen LogP contribution in [-0.2, 0) is 25.6 Å². The van der Waals surface area contributed by atoms with Crippen LogP contribution in [0, 0.1) is 23.7 Å². The number of likely N-dealkylation sites (tertiary alicyclic amines) is 1. The van der Waals surface area contributed by atoms with Gasteiger partial charge in [-0.25, -0.2) is 0 Å². The van der Waals surface area contributed by atoms with E-state index < -0.39 is 5.92 Å². The molecule has 36 heavy (non-hydrogen) atoms. The van der Waals surface area contributed by atoms with Crippen LogP contribution in [0.4, 0.5) is 0 Å². The summed E-state index contributed by atoms with van der Waals surface area (Å²) < 4.78 is 0. The molecule has 0 bridgehead atoms. The molecule has 1 aliphatic carbocycles. The van der Waals surface area contributed by atoms with E-state index >= 15 is 0 Å². The number of thioether (sulfide) groups is 1. The molecule has 2 unspecified atom stereocenters. The number of phenolic OH excluding ortho intramolecular Hbond substituents is 1. The van der Waals surface area contributed by atoms with Crippen molar-refractivity contribution in [2.24, 2.45) is 23.7 Å². The first kappa shape index (κ1) is 28.2. The van der Waals surface area contributed by atoms with E-state index in [9.17, 15) is 24.3 Å². The van der Waals surface area contributed by atoms with E-state index in [1.165, 1.54) is 4.90 Å². The van der Waals surface area contributed by atoms with Crippen LogP contribution in [0.25, 0.3) is 0 Å². The number of nitrogens with zero attached hydrogens (tertiary/aromatic N) is 1. The molecule has 0 radical (unpaired) electrons. The maximum absolute atomic E-state index is 13.1. The number of hydrogen-bond acceptors (Lipinski definition) is 6. The molecule has 2 atom stereocenters. The molecule has 1 aliphatic heterocycles. The predicted octanol–water partition coefficient (Wildman–Crippen LogP) is 3.97. The molecular weight excluding hydrogens is 476 g/mol. The highest BCUT2D eigenvalue weighted by atomic mass is 32.2. The van der Waals surface area contributed by atoms with Gasteiger partial charge < -0.3 is 10.4 Å². The molecule has 2 N–H and O–H groups in total. The molecule has 2 aliphatic rings. The normalized spacial score (nSPS) is 23.2. The molecule has 7 nitrogen and oxygen atoms in total. The van der Waals surface area contributed by atoms with Crippen molar-refractivity contribution in [3.8, 4) is 5.75 Å². The molecule has 1 aromatic rings. The maximum atomic E-state index is 13.1. The summed E-state index contributed by atoms with van der Waals surface area (Å²) in [4.78, 5) is 52.3. The molecule has 3 amide bonds. The van der Waals surface area contributed by atoms with Crippen LogP contribution >= 0.6 is 11.8 Å². The Morgan fingerprint density at radius 1 is 1.11 bits per heavy atom. The Labute approximate surface area is 218 Å². The van der Waals surface area contributed by atoms with Gasteiger partial charge in [0.25, 0.3) is 0 Å². The zero-order chi connectivity index (χ0) is 26.2. The zero-order valence-electron chi connectivity index (χ0n) is 21.7. The van der Waals surface area contributed by atoms with Gasteiger partial charge in [0.15, 0.2) is 0 Å². The van der Waals surface area contributed by atoms with Gasteiger partial charge in [-0.3, -0.25) is 24.1 Å². The van der Waals surface area contributed by atoms with Gasteiger partial charge in [-0.15, -0.1) is 11.8 Å². The highest BCUT2D eigenvalue weighted by Crippen LogP contribution is 2.34. The minimum Gasteiger partial charge on any atom is -0.508 e. The quantitative estimate of drug-likeness (QED) is 0.408. The molecule has 0 spiro atoms. The first-order valence-corrected chi connectivity index (χ1v) is 14.2. The maximum Gasteiger partial charge on any atom is 0.242 e. The van der Waals surface area contributed by atoms with Gasteiger partial charge in [0.1, 0.15) is 11.5 Å². The second-order valence-electron chi connectivity index (χ2n) is 10.7. The Hall–Kier alpha value is -2.35. The Kier molecular flexibility index (Phi) is 10.4. The average Bonchev–Trinajstić information content (AvgIpc) is 3.12. The summed E-state index contributed by atoms with van der Waals surface area (Å²) >= 11 is 1.60. The van der Waals surface area contributed by atoms with Gasteiger partial charge in [0, 0.05) is 38.3 Å². The number of carbonyl (C=O) groups excluding carboxylic acids is 4. The number of Topliss-reactive ketones (excluding diaryl/α,β-unsaturated/α-hetero) is 1. The molecule has 1 aromatic carbocycles. The van der Waals surface area contributed by atoms with Crippen LogP contribution < -0.4 is 5.32 Å². The lowest BCUT2D eigenvalue weighted by Crippen LogP contribution is -2.38. The van der Waals surface area contributed by atoms with Crippen molar-refractivity contribution in [2.75, 3.05) is 19.3 Å². The molecular formula is C28H40N2O5S. The second kappa shape index (κ2) is 13.3. The minimum absolute atomic E-state index is 0.0467. The van der Waals surface area contributed by atoms with Crippen LogP contribution in [0.3, 0.4) is 0 Å². The van der Waals surface area contributed by atoms with E-state index in [0.29, 0.717) is 25.3 Å². The Bertz CT molecular complexity index is 924. The molecule has 1 heterocycles. The van der Waals surface area contributed by atoms with Crippen LogP contribution in [0.5, 0.6) is 5.75 Å². The highest BCUT2D eigenvalue weighted by Gasteiger charge is 2.40. The third kappa shape index (κ3) is 7.82. The molecule has 3 rings (SSSR count). The monoisotopic (exact) mass is 516 g/mol. The molecule has 8 heteroatoms. The van der Waals surface area contributed by atoms with Crippen LogP contribution in [-0.4, -0.2) is 58.1 Å². The van der Waals surface area contributed by atoms with Crippen molar-refractivity contribution in [1.82, 2.24) is 10.2 Å². The molecule has 0 aromatic heterocycles. The number of imide groups is 1. The van der Waals surface area contributed by atoms with Crippen molar-refractivity contribution < 1.29 is 24.3 Å². The van der Waals surface area contributed by atoms with E-state index in [4.69, 9.17) is 0 Å². The van der Waals surface area contributed by atoms with Crippen molar-refractivity contribution in [1.29, 1.82) is 0 Å². The van der Waals surface area contributed by atoms with Crippen molar-refractivity contribution in [3.05, 3.63) is 29.8 Å². The number of aromatic hydroxyl groups is 1. The van der Waals surface area contributed by atoms with Gasteiger partial charge in [0.05, 0.1) is 5.25 Å². The summed E-state index contributed by atoms with van der Waals surface area (Å²) in [5.41, 5.74) is 0.901. The fourth-order valence-corrected chi connectivity index (χ4v) is 6.56. The smallest absolute Gasteiger partial charge is 0.242 e. The van der Waals surface area contributed by atoms with E-state index in [-0.39, 0.29) is 52.8 Å². The summed E-state index contributed by atoms with van der Waals surface area (Å²) in [7, 11) is 1.58. The molecule has 1 saturated carbocycles. The third-order valence-corrected chi connectivity index (χ3v) is 8.68. The SMILES string of the molecule is CNC(=O)C(CC(=O)C1CCC(CN2C(=O)CC(SCCC(C)C)C2=O)CC1)Cc1ccc(O)cc1. The first-order valence-electron chi connectivity index (χ1n) is 13.2. The lowest BCUT2D eigenvalue weighted by Gasteiger charge is -2.30. The Morgan fingerprint density at radius 2 is 1.78 bits per heavy atom.